The van der Waals surface area contributed by atoms with Crippen LogP contribution in [-0.2, 0) is 24.9 Å². The molecule has 0 saturated carbocycles. The Hall–Kier alpha value is -2.88. The average Bonchev–Trinajstić information content (AvgIpc) is 3.32. The maximum atomic E-state index is 13.2. The third-order valence-electron chi connectivity index (χ3n) is 6.60. The van der Waals surface area contributed by atoms with Gasteiger partial charge in [-0.3, -0.25) is 9.89 Å². The molecular formula is C25H27N3O. The maximum absolute atomic E-state index is 13.2. The van der Waals surface area contributed by atoms with Gasteiger partial charge in [0, 0.05) is 28.9 Å². The van der Waals surface area contributed by atoms with E-state index in [1.54, 1.807) is 0 Å². The van der Waals surface area contributed by atoms with Gasteiger partial charge in [-0.05, 0) is 55.4 Å². The van der Waals surface area contributed by atoms with Gasteiger partial charge < -0.3 is 4.90 Å². The van der Waals surface area contributed by atoms with Crippen LogP contribution in [0.25, 0.3) is 11.3 Å². The number of rotatable bonds is 3. The molecule has 4 heteroatoms. The van der Waals surface area contributed by atoms with Crippen molar-refractivity contribution in [1.82, 2.24) is 15.1 Å². The SMILES string of the molecule is CC1(C)Cc2[nH]nc(-c3ccc4c(c3)CN(C(C)(C)c3ccccc3)C4=O)c2C1. The lowest BCUT2D eigenvalue weighted by atomic mass is 9.90. The van der Waals surface area contributed by atoms with E-state index in [2.05, 4.69) is 62.2 Å². The van der Waals surface area contributed by atoms with Crippen LogP contribution in [-0.4, -0.2) is 21.0 Å². The number of H-pyrrole nitrogens is 1. The monoisotopic (exact) mass is 385 g/mol. The molecule has 0 atom stereocenters. The molecule has 0 saturated heterocycles. The van der Waals surface area contributed by atoms with E-state index in [0.717, 1.165) is 40.8 Å². The molecule has 0 unspecified atom stereocenters. The van der Waals surface area contributed by atoms with Gasteiger partial charge in [-0.15, -0.1) is 0 Å². The molecule has 0 spiro atoms. The fraction of sp³-hybridized carbons (Fsp3) is 0.360. The van der Waals surface area contributed by atoms with Crippen LogP contribution in [0.2, 0.25) is 0 Å². The molecule has 4 nitrogen and oxygen atoms in total. The predicted octanol–water partition coefficient (Wildman–Crippen LogP) is 5.09. The lowest BCUT2D eigenvalue weighted by Crippen LogP contribution is -2.41. The van der Waals surface area contributed by atoms with Crippen LogP contribution in [0.4, 0.5) is 0 Å². The first kappa shape index (κ1) is 18.2. The quantitative estimate of drug-likeness (QED) is 0.682. The van der Waals surface area contributed by atoms with Crippen LogP contribution >= 0.6 is 0 Å². The summed E-state index contributed by atoms with van der Waals surface area (Å²) in [6.45, 7) is 9.47. The number of carbonyl (C=O) groups is 1. The summed E-state index contributed by atoms with van der Waals surface area (Å²) in [5.74, 6) is 0.105. The van der Waals surface area contributed by atoms with E-state index in [9.17, 15) is 4.79 Å². The van der Waals surface area contributed by atoms with Crippen LogP contribution in [0.15, 0.2) is 48.5 Å². The van der Waals surface area contributed by atoms with Crippen LogP contribution in [0.3, 0.4) is 0 Å². The van der Waals surface area contributed by atoms with Gasteiger partial charge in [-0.25, -0.2) is 0 Å². The molecular weight excluding hydrogens is 358 g/mol. The lowest BCUT2D eigenvalue weighted by molar-refractivity contribution is 0.0568. The summed E-state index contributed by atoms with van der Waals surface area (Å²) < 4.78 is 0. The summed E-state index contributed by atoms with van der Waals surface area (Å²) in [6, 6.07) is 16.5. The van der Waals surface area contributed by atoms with Crippen LogP contribution in [0, 0.1) is 5.41 Å². The zero-order chi connectivity index (χ0) is 20.4. The number of benzene rings is 2. The Balaban J connectivity index is 1.49. The molecule has 1 amide bonds. The highest BCUT2D eigenvalue weighted by Crippen LogP contribution is 2.41. The molecule has 1 aromatic heterocycles. The van der Waals surface area contributed by atoms with Crippen LogP contribution < -0.4 is 0 Å². The minimum Gasteiger partial charge on any atom is -0.325 e. The van der Waals surface area contributed by atoms with E-state index in [4.69, 9.17) is 0 Å². The number of aromatic nitrogens is 2. The molecule has 3 aromatic rings. The first-order valence-corrected chi connectivity index (χ1v) is 10.3. The van der Waals surface area contributed by atoms with Gasteiger partial charge in [0.2, 0.25) is 0 Å². The molecule has 1 aliphatic carbocycles. The Morgan fingerprint density at radius 1 is 1.07 bits per heavy atom. The smallest absolute Gasteiger partial charge is 0.255 e. The Morgan fingerprint density at radius 3 is 2.59 bits per heavy atom. The number of hydrogen-bond acceptors (Lipinski definition) is 2. The van der Waals surface area contributed by atoms with Crippen molar-refractivity contribution < 1.29 is 4.79 Å². The minimum atomic E-state index is -0.366. The summed E-state index contributed by atoms with van der Waals surface area (Å²) in [5.41, 5.74) is 7.70. The fourth-order valence-corrected chi connectivity index (χ4v) is 4.92. The fourth-order valence-electron chi connectivity index (χ4n) is 4.92. The van der Waals surface area contributed by atoms with Crippen molar-refractivity contribution in [3.63, 3.8) is 0 Å². The average molecular weight is 386 g/mol. The summed E-state index contributed by atoms with van der Waals surface area (Å²) in [5, 5.41) is 7.85. The second-order valence-electron chi connectivity index (χ2n) is 9.74. The number of amides is 1. The van der Waals surface area contributed by atoms with Crippen molar-refractivity contribution in [2.24, 2.45) is 5.41 Å². The van der Waals surface area contributed by atoms with Gasteiger partial charge in [0.15, 0.2) is 0 Å². The normalized spacial score (nSPS) is 17.5. The zero-order valence-electron chi connectivity index (χ0n) is 17.5. The first-order chi connectivity index (χ1) is 13.8. The van der Waals surface area contributed by atoms with Crippen LogP contribution in [0.1, 0.15) is 60.4 Å². The second-order valence-corrected chi connectivity index (χ2v) is 9.74. The molecule has 29 heavy (non-hydrogen) atoms. The molecule has 1 N–H and O–H groups in total. The molecule has 148 valence electrons. The molecule has 2 heterocycles. The number of carbonyl (C=O) groups excluding carboxylic acids is 1. The minimum absolute atomic E-state index is 0.105. The number of fused-ring (bicyclic) bond motifs is 2. The van der Waals surface area contributed by atoms with E-state index in [-0.39, 0.29) is 16.9 Å². The third kappa shape index (κ3) is 2.81. The van der Waals surface area contributed by atoms with Crippen molar-refractivity contribution in [1.29, 1.82) is 0 Å². The van der Waals surface area contributed by atoms with Gasteiger partial charge >= 0.3 is 0 Å². The van der Waals surface area contributed by atoms with Gasteiger partial charge in [-0.1, -0.05) is 50.2 Å². The first-order valence-electron chi connectivity index (χ1n) is 10.3. The topological polar surface area (TPSA) is 49.0 Å². The van der Waals surface area contributed by atoms with E-state index in [1.807, 2.05) is 29.2 Å². The maximum Gasteiger partial charge on any atom is 0.255 e. The van der Waals surface area contributed by atoms with Crippen molar-refractivity contribution in [2.75, 3.05) is 0 Å². The molecule has 0 fully saturated rings. The van der Waals surface area contributed by atoms with Crippen molar-refractivity contribution in [2.45, 2.75) is 52.6 Å². The number of hydrogen-bond donors (Lipinski definition) is 1. The zero-order valence-corrected chi connectivity index (χ0v) is 17.5. The predicted molar refractivity (Wildman–Crippen MR) is 115 cm³/mol. The molecule has 1 aliphatic heterocycles. The van der Waals surface area contributed by atoms with E-state index in [1.165, 1.54) is 11.3 Å². The summed E-state index contributed by atoms with van der Waals surface area (Å²) >= 11 is 0. The Kier molecular flexibility index (Phi) is 3.79. The number of aromatic amines is 1. The van der Waals surface area contributed by atoms with E-state index < -0.39 is 0 Å². The van der Waals surface area contributed by atoms with E-state index >= 15 is 0 Å². The number of nitrogens with zero attached hydrogens (tertiary/aromatic N) is 2. The Bertz CT molecular complexity index is 1110. The van der Waals surface area contributed by atoms with Gasteiger partial charge in [0.1, 0.15) is 0 Å². The highest BCUT2D eigenvalue weighted by Gasteiger charge is 2.39. The van der Waals surface area contributed by atoms with E-state index in [0.29, 0.717) is 6.54 Å². The molecule has 2 aliphatic rings. The van der Waals surface area contributed by atoms with Gasteiger partial charge in [0.25, 0.3) is 5.91 Å². The van der Waals surface area contributed by atoms with Crippen molar-refractivity contribution in [3.05, 3.63) is 76.5 Å². The highest BCUT2D eigenvalue weighted by atomic mass is 16.2. The lowest BCUT2D eigenvalue weighted by Gasteiger charge is -2.36. The Labute approximate surface area is 172 Å². The van der Waals surface area contributed by atoms with Gasteiger partial charge in [-0.2, -0.15) is 5.10 Å². The third-order valence-corrected chi connectivity index (χ3v) is 6.60. The Morgan fingerprint density at radius 2 is 1.83 bits per heavy atom. The molecule has 2 aromatic carbocycles. The number of nitrogens with one attached hydrogen (secondary N) is 1. The van der Waals surface area contributed by atoms with Crippen molar-refractivity contribution in [3.8, 4) is 11.3 Å². The standard InChI is InChI=1S/C25H27N3O/c1-24(2)13-20-21(14-24)26-27-22(20)16-10-11-19-17(12-16)15-28(23(19)29)25(3,4)18-8-6-5-7-9-18/h5-12H,13-15H2,1-4H3,(H,26,27). The van der Waals surface area contributed by atoms with Gasteiger partial charge in [0.05, 0.1) is 11.2 Å². The summed E-state index contributed by atoms with van der Waals surface area (Å²) in [4.78, 5) is 15.2. The molecule has 0 bridgehead atoms. The van der Waals surface area contributed by atoms with Crippen LogP contribution in [0.5, 0.6) is 0 Å². The summed E-state index contributed by atoms with van der Waals surface area (Å²) in [6.07, 6.45) is 2.08. The highest BCUT2D eigenvalue weighted by molar-refractivity contribution is 5.99. The second kappa shape index (κ2) is 6.06. The molecule has 5 rings (SSSR count). The summed E-state index contributed by atoms with van der Waals surface area (Å²) in [7, 11) is 0. The largest absolute Gasteiger partial charge is 0.325 e. The van der Waals surface area contributed by atoms with Crippen molar-refractivity contribution >= 4 is 5.91 Å². The molecule has 0 radical (unpaired) electrons.